The van der Waals surface area contributed by atoms with Crippen molar-refractivity contribution in [3.63, 3.8) is 0 Å². The number of ether oxygens (including phenoxy) is 1. The molecule has 0 unspecified atom stereocenters. The summed E-state index contributed by atoms with van der Waals surface area (Å²) >= 11 is 0. The summed E-state index contributed by atoms with van der Waals surface area (Å²) in [4.78, 5) is 16.3. The van der Waals surface area contributed by atoms with Crippen LogP contribution in [0.15, 0.2) is 18.7 Å². The summed E-state index contributed by atoms with van der Waals surface area (Å²) in [6.07, 6.45) is 4.93. The van der Waals surface area contributed by atoms with E-state index in [-0.39, 0.29) is 12.0 Å². The lowest BCUT2D eigenvalue weighted by Crippen LogP contribution is -2.25. The summed E-state index contributed by atoms with van der Waals surface area (Å²) in [6, 6.07) is 0.203. The molecule has 18 heavy (non-hydrogen) atoms. The van der Waals surface area contributed by atoms with Gasteiger partial charge in [0.2, 0.25) is 11.9 Å². The van der Waals surface area contributed by atoms with E-state index >= 15 is 0 Å². The highest BCUT2D eigenvalue weighted by atomic mass is 16.5. The molecule has 0 fully saturated rings. The first-order valence-electron chi connectivity index (χ1n) is 5.38. The van der Waals surface area contributed by atoms with E-state index in [0.717, 1.165) is 0 Å². The zero-order valence-electron chi connectivity index (χ0n) is 10.5. The minimum absolute atomic E-state index is 0.203. The third kappa shape index (κ3) is 2.92. The molecule has 0 aliphatic heterocycles. The molecule has 2 rings (SSSR count). The van der Waals surface area contributed by atoms with Crippen molar-refractivity contribution < 1.29 is 4.74 Å². The fraction of sp³-hybridized carbons (Fsp3) is 0.400. The predicted octanol–water partition coefficient (Wildman–Crippen LogP) is 0.520. The van der Waals surface area contributed by atoms with Crippen LogP contribution in [0, 0.1) is 0 Å². The van der Waals surface area contributed by atoms with Crippen LogP contribution in [0.4, 0.5) is 5.95 Å². The number of nitrogens with two attached hydrogens (primary N) is 1. The van der Waals surface area contributed by atoms with Gasteiger partial charge in [-0.1, -0.05) is 0 Å². The standard InChI is InChI=1S/C10H15N7O/c1-10(2,3)18-9-14-7(16-11)13-8(15-9)17-5-4-12-6-17/h4-6H,11H2,1-3H3,(H,13,14,15,16). The number of nitrogens with zero attached hydrogens (tertiary/aromatic N) is 5. The normalized spacial score (nSPS) is 11.3. The molecule has 2 aromatic rings. The molecule has 0 spiro atoms. The highest BCUT2D eigenvalue weighted by molar-refractivity contribution is 5.28. The molecule has 2 aromatic heterocycles. The summed E-state index contributed by atoms with van der Waals surface area (Å²) in [7, 11) is 0. The van der Waals surface area contributed by atoms with Crippen molar-refractivity contribution >= 4 is 5.95 Å². The van der Waals surface area contributed by atoms with Crippen LogP contribution >= 0.6 is 0 Å². The Morgan fingerprint density at radius 2 is 2.06 bits per heavy atom. The van der Waals surface area contributed by atoms with Crippen molar-refractivity contribution in [3.05, 3.63) is 18.7 Å². The van der Waals surface area contributed by atoms with Crippen molar-refractivity contribution in [2.24, 2.45) is 5.84 Å². The molecular weight excluding hydrogens is 234 g/mol. The Labute approximate surface area is 104 Å². The van der Waals surface area contributed by atoms with Crippen molar-refractivity contribution in [2.75, 3.05) is 5.43 Å². The Morgan fingerprint density at radius 1 is 1.28 bits per heavy atom. The number of hydrogen-bond donors (Lipinski definition) is 2. The molecule has 96 valence electrons. The van der Waals surface area contributed by atoms with Crippen LogP contribution in [0.5, 0.6) is 6.01 Å². The molecule has 0 saturated heterocycles. The maximum atomic E-state index is 5.59. The lowest BCUT2D eigenvalue weighted by atomic mass is 10.2. The van der Waals surface area contributed by atoms with Crippen molar-refractivity contribution in [2.45, 2.75) is 26.4 Å². The first-order chi connectivity index (χ1) is 8.48. The maximum Gasteiger partial charge on any atom is 0.323 e. The lowest BCUT2D eigenvalue weighted by molar-refractivity contribution is 0.116. The number of imidazole rings is 1. The van der Waals surface area contributed by atoms with E-state index in [1.165, 1.54) is 0 Å². The van der Waals surface area contributed by atoms with Crippen LogP contribution in [0.25, 0.3) is 5.95 Å². The predicted molar refractivity (Wildman–Crippen MR) is 65.1 cm³/mol. The monoisotopic (exact) mass is 249 g/mol. The van der Waals surface area contributed by atoms with Crippen molar-refractivity contribution in [1.82, 2.24) is 24.5 Å². The van der Waals surface area contributed by atoms with E-state index < -0.39 is 5.60 Å². The molecule has 8 nitrogen and oxygen atoms in total. The summed E-state index contributed by atoms with van der Waals surface area (Å²) in [5.41, 5.74) is 1.98. The largest absolute Gasteiger partial charge is 0.458 e. The van der Waals surface area contributed by atoms with Crippen LogP contribution in [-0.4, -0.2) is 30.1 Å². The minimum Gasteiger partial charge on any atom is -0.458 e. The van der Waals surface area contributed by atoms with Gasteiger partial charge in [0.1, 0.15) is 11.9 Å². The lowest BCUT2D eigenvalue weighted by Gasteiger charge is -2.19. The van der Waals surface area contributed by atoms with Gasteiger partial charge in [0, 0.05) is 12.4 Å². The number of hydrogen-bond acceptors (Lipinski definition) is 7. The summed E-state index contributed by atoms with van der Waals surface area (Å²) < 4.78 is 7.23. The molecule has 0 amide bonds. The zero-order chi connectivity index (χ0) is 13.2. The number of anilines is 1. The summed E-state index contributed by atoms with van der Waals surface area (Å²) in [5, 5.41) is 0. The second-order valence-electron chi connectivity index (χ2n) is 4.57. The van der Waals surface area contributed by atoms with Gasteiger partial charge in [-0.25, -0.2) is 10.8 Å². The van der Waals surface area contributed by atoms with Crippen LogP contribution in [0.2, 0.25) is 0 Å². The Morgan fingerprint density at radius 3 is 2.61 bits per heavy atom. The van der Waals surface area contributed by atoms with Gasteiger partial charge in [0.05, 0.1) is 0 Å². The maximum absolute atomic E-state index is 5.59. The Kier molecular flexibility index (Phi) is 3.11. The van der Waals surface area contributed by atoms with Gasteiger partial charge < -0.3 is 4.74 Å². The molecule has 0 atom stereocenters. The van der Waals surface area contributed by atoms with Gasteiger partial charge in [-0.2, -0.15) is 15.0 Å². The highest BCUT2D eigenvalue weighted by Gasteiger charge is 2.16. The van der Waals surface area contributed by atoms with Gasteiger partial charge >= 0.3 is 6.01 Å². The van der Waals surface area contributed by atoms with Gasteiger partial charge in [-0.05, 0) is 20.8 Å². The molecule has 0 radical (unpaired) electrons. The van der Waals surface area contributed by atoms with Crippen molar-refractivity contribution in [3.8, 4) is 12.0 Å². The molecule has 0 aromatic carbocycles. The number of rotatable bonds is 3. The number of aromatic nitrogens is 5. The summed E-state index contributed by atoms with van der Waals surface area (Å²) in [5.74, 6) is 5.94. The van der Waals surface area contributed by atoms with Crippen LogP contribution in [-0.2, 0) is 0 Å². The van der Waals surface area contributed by atoms with Gasteiger partial charge in [-0.15, -0.1) is 0 Å². The molecule has 3 N–H and O–H groups in total. The quantitative estimate of drug-likeness (QED) is 0.603. The van der Waals surface area contributed by atoms with Crippen LogP contribution in [0.1, 0.15) is 20.8 Å². The molecule has 0 saturated carbocycles. The third-order valence-electron chi connectivity index (χ3n) is 1.87. The van der Waals surface area contributed by atoms with Gasteiger partial charge in [0.25, 0.3) is 0 Å². The zero-order valence-corrected chi connectivity index (χ0v) is 10.5. The molecule has 0 aliphatic carbocycles. The number of hydrazine groups is 1. The highest BCUT2D eigenvalue weighted by Crippen LogP contribution is 2.15. The van der Waals surface area contributed by atoms with E-state index in [1.807, 2.05) is 20.8 Å². The van der Waals surface area contributed by atoms with E-state index in [0.29, 0.717) is 5.95 Å². The summed E-state index contributed by atoms with van der Waals surface area (Å²) in [6.45, 7) is 5.72. The minimum atomic E-state index is -0.403. The average molecular weight is 249 g/mol. The second kappa shape index (κ2) is 4.57. The average Bonchev–Trinajstić information content (AvgIpc) is 2.79. The first-order valence-corrected chi connectivity index (χ1v) is 5.38. The smallest absolute Gasteiger partial charge is 0.323 e. The number of nitrogen functional groups attached to an aromatic ring is 1. The fourth-order valence-corrected chi connectivity index (χ4v) is 1.22. The Hall–Kier alpha value is -2.22. The van der Waals surface area contributed by atoms with Crippen LogP contribution in [0.3, 0.4) is 0 Å². The molecule has 0 aliphatic rings. The Bertz CT molecular complexity index is 518. The van der Waals surface area contributed by atoms with Gasteiger partial charge in [0.15, 0.2) is 0 Å². The Balaban J connectivity index is 2.39. The second-order valence-corrected chi connectivity index (χ2v) is 4.57. The van der Waals surface area contributed by atoms with Gasteiger partial charge in [-0.3, -0.25) is 9.99 Å². The van der Waals surface area contributed by atoms with E-state index in [2.05, 4.69) is 25.4 Å². The van der Waals surface area contributed by atoms with Crippen molar-refractivity contribution in [1.29, 1.82) is 0 Å². The van der Waals surface area contributed by atoms with E-state index in [9.17, 15) is 0 Å². The fourth-order valence-electron chi connectivity index (χ4n) is 1.22. The van der Waals surface area contributed by atoms with E-state index in [4.69, 9.17) is 10.6 Å². The first kappa shape index (κ1) is 12.2. The third-order valence-corrected chi connectivity index (χ3v) is 1.87. The SMILES string of the molecule is CC(C)(C)Oc1nc(NN)nc(-n2ccnc2)n1. The molecule has 2 heterocycles. The molecule has 8 heteroatoms. The molecule has 0 bridgehead atoms. The topological polar surface area (TPSA) is 104 Å². The molecular formula is C10H15N7O. The van der Waals surface area contributed by atoms with E-state index in [1.54, 1.807) is 23.3 Å². The number of nitrogens with one attached hydrogen (secondary N) is 1. The van der Waals surface area contributed by atoms with Crippen LogP contribution < -0.4 is 16.0 Å².